The average molecular weight is 229 g/mol. The quantitative estimate of drug-likeness (QED) is 0.634. The van der Waals surface area contributed by atoms with Crippen LogP contribution in [-0.2, 0) is 14.3 Å². The van der Waals surface area contributed by atoms with Crippen LogP contribution >= 0.6 is 0 Å². The zero-order valence-corrected chi connectivity index (χ0v) is 10.3. The fourth-order valence-corrected chi connectivity index (χ4v) is 1.48. The summed E-state index contributed by atoms with van der Waals surface area (Å²) in [4.78, 5) is 24.3. The molecule has 0 radical (unpaired) electrons. The van der Waals surface area contributed by atoms with Crippen molar-refractivity contribution in [2.45, 2.75) is 38.8 Å². The molecule has 16 heavy (non-hydrogen) atoms. The Morgan fingerprint density at radius 2 is 2.12 bits per heavy atom. The van der Waals surface area contributed by atoms with Gasteiger partial charge in [0.1, 0.15) is 17.4 Å². The Morgan fingerprint density at radius 1 is 1.50 bits per heavy atom. The first-order valence-corrected chi connectivity index (χ1v) is 5.33. The monoisotopic (exact) mass is 229 g/mol. The number of carbonyl (C=O) groups excluding carboxylic acids is 2. The van der Waals surface area contributed by atoms with E-state index in [1.807, 2.05) is 0 Å². The van der Waals surface area contributed by atoms with Gasteiger partial charge in [0, 0.05) is 6.54 Å². The normalized spacial score (nSPS) is 26.4. The van der Waals surface area contributed by atoms with E-state index in [-0.39, 0.29) is 6.61 Å². The van der Waals surface area contributed by atoms with Crippen molar-refractivity contribution >= 4 is 12.4 Å². The van der Waals surface area contributed by atoms with Gasteiger partial charge in [0.15, 0.2) is 0 Å². The number of hydrogen-bond acceptors (Lipinski definition) is 4. The topological polar surface area (TPSA) is 55.8 Å². The molecule has 92 valence electrons. The van der Waals surface area contributed by atoms with Gasteiger partial charge in [-0.25, -0.2) is 4.79 Å². The highest BCUT2D eigenvalue weighted by Gasteiger charge is 2.40. The summed E-state index contributed by atoms with van der Waals surface area (Å²) < 4.78 is 10.5. The minimum atomic E-state index is -0.916. The number of carbonyl (C=O) groups is 2. The van der Waals surface area contributed by atoms with Gasteiger partial charge in [-0.3, -0.25) is 4.90 Å². The molecule has 1 aliphatic rings. The highest BCUT2D eigenvalue weighted by Crippen LogP contribution is 2.20. The van der Waals surface area contributed by atoms with Gasteiger partial charge >= 0.3 is 6.09 Å². The molecule has 1 heterocycles. The lowest BCUT2D eigenvalue weighted by atomic mass is 10.0. The predicted octanol–water partition coefficient (Wildman–Crippen LogP) is 1.21. The summed E-state index contributed by atoms with van der Waals surface area (Å²) in [6, 6.07) is 0. The maximum atomic E-state index is 11.9. The third kappa shape index (κ3) is 2.95. The minimum absolute atomic E-state index is 0.218. The summed E-state index contributed by atoms with van der Waals surface area (Å²) in [6.45, 7) is 8.09. The molecule has 0 aromatic heterocycles. The number of nitrogens with zero attached hydrogens (tertiary/aromatic N) is 1. The zero-order chi connectivity index (χ0) is 12.4. The van der Waals surface area contributed by atoms with E-state index >= 15 is 0 Å². The molecule has 1 rings (SSSR count). The maximum Gasteiger partial charge on any atom is 0.411 e. The van der Waals surface area contributed by atoms with Crippen LogP contribution in [-0.4, -0.2) is 48.2 Å². The third-order valence-electron chi connectivity index (χ3n) is 2.34. The van der Waals surface area contributed by atoms with Crippen LogP contribution in [0.2, 0.25) is 0 Å². The van der Waals surface area contributed by atoms with Crippen molar-refractivity contribution in [1.29, 1.82) is 0 Å². The molecule has 1 atom stereocenters. The van der Waals surface area contributed by atoms with Crippen LogP contribution in [0.5, 0.6) is 0 Å². The fourth-order valence-electron chi connectivity index (χ4n) is 1.48. The lowest BCUT2D eigenvalue weighted by Gasteiger charge is -2.40. The van der Waals surface area contributed by atoms with E-state index in [4.69, 9.17) is 9.47 Å². The smallest absolute Gasteiger partial charge is 0.411 e. The van der Waals surface area contributed by atoms with E-state index in [1.54, 1.807) is 27.7 Å². The molecule has 0 spiro atoms. The molecule has 5 nitrogen and oxygen atoms in total. The van der Waals surface area contributed by atoms with E-state index in [9.17, 15) is 9.59 Å². The summed E-state index contributed by atoms with van der Waals surface area (Å²) in [5.41, 5.74) is -1.47. The second-order valence-electron chi connectivity index (χ2n) is 5.16. The Bertz CT molecular complexity index is 284. The van der Waals surface area contributed by atoms with E-state index in [2.05, 4.69) is 0 Å². The molecule has 0 aromatic rings. The molecular formula is C11H19NO4. The van der Waals surface area contributed by atoms with Crippen molar-refractivity contribution in [3.63, 3.8) is 0 Å². The molecule has 0 aliphatic carbocycles. The van der Waals surface area contributed by atoms with Gasteiger partial charge in [0.25, 0.3) is 0 Å². The van der Waals surface area contributed by atoms with E-state index < -0.39 is 17.2 Å². The predicted molar refractivity (Wildman–Crippen MR) is 58.2 cm³/mol. The Hall–Kier alpha value is -1.10. The summed E-state index contributed by atoms with van der Waals surface area (Å²) in [7, 11) is 0. The molecule has 1 unspecified atom stereocenters. The van der Waals surface area contributed by atoms with Gasteiger partial charge in [-0.2, -0.15) is 0 Å². The molecule has 1 aliphatic heterocycles. The van der Waals surface area contributed by atoms with Crippen LogP contribution in [0, 0.1) is 0 Å². The van der Waals surface area contributed by atoms with Gasteiger partial charge in [-0.15, -0.1) is 0 Å². The highest BCUT2D eigenvalue weighted by molar-refractivity contribution is 5.77. The van der Waals surface area contributed by atoms with Crippen molar-refractivity contribution in [1.82, 2.24) is 4.90 Å². The van der Waals surface area contributed by atoms with Crippen molar-refractivity contribution in [3.8, 4) is 0 Å². The number of rotatable bonds is 1. The van der Waals surface area contributed by atoms with Gasteiger partial charge in [-0.05, 0) is 27.7 Å². The lowest BCUT2D eigenvalue weighted by Crippen LogP contribution is -2.59. The molecule has 0 N–H and O–H groups in total. The lowest BCUT2D eigenvalue weighted by molar-refractivity contribution is -0.128. The molecule has 1 saturated heterocycles. The third-order valence-corrected chi connectivity index (χ3v) is 2.34. The van der Waals surface area contributed by atoms with Crippen molar-refractivity contribution in [3.05, 3.63) is 0 Å². The van der Waals surface area contributed by atoms with Crippen LogP contribution in [0.3, 0.4) is 0 Å². The molecule has 0 bridgehead atoms. The molecule has 0 saturated carbocycles. The van der Waals surface area contributed by atoms with Crippen molar-refractivity contribution in [2.75, 3.05) is 19.8 Å². The Morgan fingerprint density at radius 3 is 2.62 bits per heavy atom. The fraction of sp³-hybridized carbons (Fsp3) is 0.818. The van der Waals surface area contributed by atoms with Crippen molar-refractivity contribution < 1.29 is 19.1 Å². The summed E-state index contributed by atoms with van der Waals surface area (Å²) in [6.07, 6.45) is 0.265. The SMILES string of the molecule is CC(C)(C)OC(=O)N1CCOCC1(C)C=O. The van der Waals surface area contributed by atoms with Crippen LogP contribution in [0.15, 0.2) is 0 Å². The number of amides is 1. The van der Waals surface area contributed by atoms with E-state index in [0.29, 0.717) is 13.2 Å². The number of ether oxygens (including phenoxy) is 2. The van der Waals surface area contributed by atoms with Crippen LogP contribution < -0.4 is 0 Å². The summed E-state index contributed by atoms with van der Waals surface area (Å²) >= 11 is 0. The first-order valence-electron chi connectivity index (χ1n) is 5.33. The second kappa shape index (κ2) is 4.41. The summed E-state index contributed by atoms with van der Waals surface area (Å²) in [5.74, 6) is 0. The van der Waals surface area contributed by atoms with E-state index in [0.717, 1.165) is 6.29 Å². The molecule has 5 heteroatoms. The Balaban J connectivity index is 2.76. The summed E-state index contributed by atoms with van der Waals surface area (Å²) in [5, 5.41) is 0. The van der Waals surface area contributed by atoms with Crippen LogP contribution in [0.4, 0.5) is 4.79 Å². The standard InChI is InChI=1S/C11H19NO4/c1-10(2,3)16-9(14)12-5-6-15-8-11(12,4)7-13/h7H,5-6,8H2,1-4H3. The van der Waals surface area contributed by atoms with Gasteiger partial charge in [0.2, 0.25) is 0 Å². The Labute approximate surface area is 95.7 Å². The van der Waals surface area contributed by atoms with E-state index in [1.165, 1.54) is 4.90 Å². The largest absolute Gasteiger partial charge is 0.444 e. The van der Waals surface area contributed by atoms with Crippen LogP contribution in [0.1, 0.15) is 27.7 Å². The highest BCUT2D eigenvalue weighted by atomic mass is 16.6. The zero-order valence-electron chi connectivity index (χ0n) is 10.3. The van der Waals surface area contributed by atoms with Crippen LogP contribution in [0.25, 0.3) is 0 Å². The Kier molecular flexibility index (Phi) is 3.57. The average Bonchev–Trinajstić information content (AvgIpc) is 2.15. The van der Waals surface area contributed by atoms with Gasteiger partial charge in [-0.1, -0.05) is 0 Å². The molecule has 1 fully saturated rings. The molecular weight excluding hydrogens is 210 g/mol. The number of morpholine rings is 1. The first kappa shape index (κ1) is 13.0. The number of aldehydes is 1. The van der Waals surface area contributed by atoms with Gasteiger partial charge in [0.05, 0.1) is 13.2 Å². The molecule has 0 aromatic carbocycles. The van der Waals surface area contributed by atoms with Gasteiger partial charge < -0.3 is 14.3 Å². The van der Waals surface area contributed by atoms with Crippen molar-refractivity contribution in [2.24, 2.45) is 0 Å². The minimum Gasteiger partial charge on any atom is -0.444 e. The molecule has 1 amide bonds. The number of hydrogen-bond donors (Lipinski definition) is 0. The maximum absolute atomic E-state index is 11.9. The first-order chi connectivity index (χ1) is 7.28. The second-order valence-corrected chi connectivity index (χ2v) is 5.16.